The normalized spacial score (nSPS) is 13.0. The molecule has 0 bridgehead atoms. The molecule has 1 unspecified atom stereocenters. The molecule has 2 rings (SSSR count). The van der Waals surface area contributed by atoms with Gasteiger partial charge < -0.3 is 4.74 Å². The van der Waals surface area contributed by atoms with Gasteiger partial charge >= 0.3 is 5.97 Å². The molecule has 0 fully saturated rings. The number of benzene rings is 1. The van der Waals surface area contributed by atoms with E-state index in [4.69, 9.17) is 4.74 Å². The number of hydrogen-bond donors (Lipinski definition) is 0. The third-order valence-corrected chi connectivity index (χ3v) is 2.91. The van der Waals surface area contributed by atoms with Crippen LogP contribution in [0.2, 0.25) is 0 Å². The molecule has 0 aliphatic carbocycles. The van der Waals surface area contributed by atoms with Crippen LogP contribution in [0, 0.1) is 5.92 Å². The summed E-state index contributed by atoms with van der Waals surface area (Å²) in [4.78, 5) is 32.6. The van der Waals surface area contributed by atoms with Gasteiger partial charge in [0, 0.05) is 18.0 Å². The summed E-state index contributed by atoms with van der Waals surface area (Å²) in [6.07, 6.45) is 3.15. The van der Waals surface area contributed by atoms with Gasteiger partial charge in [-0.2, -0.15) is 0 Å². The van der Waals surface area contributed by atoms with E-state index < -0.39 is 17.5 Å². The van der Waals surface area contributed by atoms with Crippen molar-refractivity contribution in [3.05, 3.63) is 36.2 Å². The van der Waals surface area contributed by atoms with E-state index in [9.17, 15) is 9.59 Å². The third-order valence-electron chi connectivity index (χ3n) is 2.91. The van der Waals surface area contributed by atoms with Crippen molar-refractivity contribution < 1.29 is 14.3 Å². The van der Waals surface area contributed by atoms with Gasteiger partial charge in [0.15, 0.2) is 5.78 Å². The Kier molecular flexibility index (Phi) is 4.02. The summed E-state index contributed by atoms with van der Waals surface area (Å²) < 4.78 is 5.24. The zero-order valence-corrected chi connectivity index (χ0v) is 12.6. The quantitative estimate of drug-likeness (QED) is 0.493. The first-order chi connectivity index (χ1) is 9.78. The first-order valence-electron chi connectivity index (χ1n) is 6.76. The van der Waals surface area contributed by atoms with Gasteiger partial charge in [0.2, 0.25) is 0 Å². The highest BCUT2D eigenvalue weighted by atomic mass is 16.6. The Hall–Kier alpha value is -2.30. The van der Waals surface area contributed by atoms with Crippen molar-refractivity contribution in [2.24, 2.45) is 5.92 Å². The first-order valence-corrected chi connectivity index (χ1v) is 6.76. The molecule has 5 heteroatoms. The molecule has 0 radical (unpaired) electrons. The molecule has 0 saturated carbocycles. The smallest absolute Gasteiger partial charge is 0.317 e. The van der Waals surface area contributed by atoms with Gasteiger partial charge in [-0.1, -0.05) is 0 Å². The van der Waals surface area contributed by atoms with Gasteiger partial charge in [0.05, 0.1) is 11.0 Å². The number of carbonyl (C=O) groups excluding carboxylic acids is 2. The SMILES string of the molecule is CC(C(=O)OC(C)(C)C)C(=O)c1ccc2nccnc2c1. The molecule has 1 atom stereocenters. The van der Waals surface area contributed by atoms with Crippen molar-refractivity contribution in [3.63, 3.8) is 0 Å². The number of ether oxygens (including phenoxy) is 1. The summed E-state index contributed by atoms with van der Waals surface area (Å²) in [5.41, 5.74) is 1.15. The minimum atomic E-state index is -0.849. The Morgan fingerprint density at radius 3 is 2.33 bits per heavy atom. The Bertz CT molecular complexity index is 689. The lowest BCUT2D eigenvalue weighted by Crippen LogP contribution is -2.31. The molecule has 0 aliphatic heterocycles. The van der Waals surface area contributed by atoms with Crippen LogP contribution in [0.25, 0.3) is 11.0 Å². The summed E-state index contributed by atoms with van der Waals surface area (Å²) >= 11 is 0. The fourth-order valence-electron chi connectivity index (χ4n) is 1.86. The van der Waals surface area contributed by atoms with Crippen molar-refractivity contribution in [1.29, 1.82) is 0 Å². The Morgan fingerprint density at radius 2 is 1.71 bits per heavy atom. The maximum atomic E-state index is 12.4. The highest BCUT2D eigenvalue weighted by molar-refractivity contribution is 6.09. The molecule has 21 heavy (non-hydrogen) atoms. The molecule has 0 spiro atoms. The number of esters is 1. The number of ketones is 1. The molecule has 0 amide bonds. The third kappa shape index (κ3) is 3.62. The average molecular weight is 286 g/mol. The Balaban J connectivity index is 2.23. The molecular formula is C16H18N2O3. The minimum absolute atomic E-state index is 0.281. The van der Waals surface area contributed by atoms with Crippen LogP contribution in [-0.4, -0.2) is 27.3 Å². The largest absolute Gasteiger partial charge is 0.459 e. The molecule has 110 valence electrons. The number of fused-ring (bicyclic) bond motifs is 1. The summed E-state index contributed by atoms with van der Waals surface area (Å²) in [6.45, 7) is 6.87. The van der Waals surface area contributed by atoms with Crippen LogP contribution in [0.15, 0.2) is 30.6 Å². The van der Waals surface area contributed by atoms with Crippen molar-refractivity contribution in [2.75, 3.05) is 0 Å². The number of carbonyl (C=O) groups is 2. The molecule has 1 aromatic heterocycles. The predicted octanol–water partition coefficient (Wildman–Crippen LogP) is 2.79. The van der Waals surface area contributed by atoms with E-state index in [2.05, 4.69) is 9.97 Å². The number of hydrogen-bond acceptors (Lipinski definition) is 5. The zero-order valence-electron chi connectivity index (χ0n) is 12.6. The maximum Gasteiger partial charge on any atom is 0.317 e. The second-order valence-corrected chi connectivity index (χ2v) is 5.88. The summed E-state index contributed by atoms with van der Waals surface area (Å²) in [6, 6.07) is 5.02. The summed E-state index contributed by atoms with van der Waals surface area (Å²) in [5, 5.41) is 0. The maximum absolute atomic E-state index is 12.4. The van der Waals surface area contributed by atoms with Gasteiger partial charge in [-0.15, -0.1) is 0 Å². The number of rotatable bonds is 3. The minimum Gasteiger partial charge on any atom is -0.459 e. The number of nitrogens with zero attached hydrogens (tertiary/aromatic N) is 2. The van der Waals surface area contributed by atoms with E-state index in [1.807, 2.05) is 0 Å². The lowest BCUT2D eigenvalue weighted by atomic mass is 9.98. The van der Waals surface area contributed by atoms with Crippen LogP contribution in [-0.2, 0) is 9.53 Å². The number of aromatic nitrogens is 2. The predicted molar refractivity (Wildman–Crippen MR) is 78.9 cm³/mol. The second kappa shape index (κ2) is 5.60. The topological polar surface area (TPSA) is 69.2 Å². The molecule has 5 nitrogen and oxygen atoms in total. The van der Waals surface area contributed by atoms with Gasteiger partial charge in [-0.3, -0.25) is 19.6 Å². The molecule has 0 saturated heterocycles. The monoisotopic (exact) mass is 286 g/mol. The van der Waals surface area contributed by atoms with Gasteiger partial charge in [0.25, 0.3) is 0 Å². The first kappa shape index (κ1) is 15.1. The zero-order chi connectivity index (χ0) is 15.6. The molecule has 0 N–H and O–H groups in total. The van der Waals surface area contributed by atoms with Crippen molar-refractivity contribution >= 4 is 22.8 Å². The van der Waals surface area contributed by atoms with E-state index in [0.717, 1.165) is 0 Å². The van der Waals surface area contributed by atoms with Gasteiger partial charge in [0.1, 0.15) is 11.5 Å². The van der Waals surface area contributed by atoms with E-state index >= 15 is 0 Å². The second-order valence-electron chi connectivity index (χ2n) is 5.88. The highest BCUT2D eigenvalue weighted by Crippen LogP contribution is 2.17. The molecule has 2 aromatic rings. The molecule has 1 aromatic carbocycles. The van der Waals surface area contributed by atoms with Crippen molar-refractivity contribution in [1.82, 2.24) is 9.97 Å². The fourth-order valence-corrected chi connectivity index (χ4v) is 1.86. The van der Waals surface area contributed by atoms with Crippen LogP contribution >= 0.6 is 0 Å². The van der Waals surface area contributed by atoms with E-state index in [1.165, 1.54) is 0 Å². The van der Waals surface area contributed by atoms with E-state index in [0.29, 0.717) is 16.6 Å². The fraction of sp³-hybridized carbons (Fsp3) is 0.375. The van der Waals surface area contributed by atoms with Crippen LogP contribution in [0.4, 0.5) is 0 Å². The van der Waals surface area contributed by atoms with Gasteiger partial charge in [-0.25, -0.2) is 0 Å². The average Bonchev–Trinajstić information content (AvgIpc) is 2.43. The highest BCUT2D eigenvalue weighted by Gasteiger charge is 2.28. The molecule has 0 aliphatic rings. The van der Waals surface area contributed by atoms with Gasteiger partial charge in [-0.05, 0) is 45.9 Å². The van der Waals surface area contributed by atoms with Crippen LogP contribution < -0.4 is 0 Å². The van der Waals surface area contributed by atoms with E-state index in [-0.39, 0.29) is 5.78 Å². The van der Waals surface area contributed by atoms with Crippen LogP contribution in [0.5, 0.6) is 0 Å². The standard InChI is InChI=1S/C16H18N2O3/c1-10(15(20)21-16(2,3)4)14(19)11-5-6-12-13(9-11)18-8-7-17-12/h5-10H,1-4H3. The Morgan fingerprint density at radius 1 is 1.10 bits per heavy atom. The van der Waals surface area contributed by atoms with Crippen molar-refractivity contribution in [2.45, 2.75) is 33.3 Å². The molecule has 1 heterocycles. The van der Waals surface area contributed by atoms with Crippen LogP contribution in [0.1, 0.15) is 38.1 Å². The van der Waals surface area contributed by atoms with Crippen molar-refractivity contribution in [3.8, 4) is 0 Å². The summed E-state index contributed by atoms with van der Waals surface area (Å²) in [7, 11) is 0. The lowest BCUT2D eigenvalue weighted by Gasteiger charge is -2.21. The number of Topliss-reactive ketones (excluding diaryl/α,β-unsaturated/α-hetero) is 1. The molecular weight excluding hydrogens is 268 g/mol. The lowest BCUT2D eigenvalue weighted by molar-refractivity contribution is -0.157. The summed E-state index contributed by atoms with van der Waals surface area (Å²) in [5.74, 6) is -1.65. The Labute approximate surface area is 123 Å². The van der Waals surface area contributed by atoms with Crippen LogP contribution in [0.3, 0.4) is 0 Å². The van der Waals surface area contributed by atoms with E-state index in [1.54, 1.807) is 58.3 Å².